The molecule has 2 saturated carbocycles. The molecular formula is C14H26N2O. The minimum Gasteiger partial charge on any atom is -0.341 e. The number of rotatable bonds is 4. The molecular weight excluding hydrogens is 212 g/mol. The number of nitrogens with one attached hydrogen (secondary N) is 1. The predicted octanol–water partition coefficient (Wildman–Crippen LogP) is 2.17. The Balaban J connectivity index is 1.93. The van der Waals surface area contributed by atoms with Crippen LogP contribution in [0, 0.1) is 5.92 Å². The van der Waals surface area contributed by atoms with Crippen LogP contribution >= 0.6 is 0 Å². The molecule has 98 valence electrons. The average molecular weight is 238 g/mol. The van der Waals surface area contributed by atoms with Crippen molar-refractivity contribution >= 4 is 5.91 Å². The first-order valence-corrected chi connectivity index (χ1v) is 7.18. The predicted molar refractivity (Wildman–Crippen MR) is 69.8 cm³/mol. The highest BCUT2D eigenvalue weighted by Crippen LogP contribution is 2.29. The van der Waals surface area contributed by atoms with Crippen LogP contribution in [0.1, 0.15) is 51.4 Å². The van der Waals surface area contributed by atoms with Gasteiger partial charge in [0.05, 0.1) is 6.04 Å². The van der Waals surface area contributed by atoms with Crippen LogP contribution in [0.25, 0.3) is 0 Å². The van der Waals surface area contributed by atoms with Crippen molar-refractivity contribution in [3.05, 3.63) is 0 Å². The highest BCUT2D eigenvalue weighted by molar-refractivity contribution is 5.82. The standard InChI is InChI=1S/C14H26N2O/c1-15-13(11-7-4-3-5-8-11)14(17)16(2)12-9-6-10-12/h11-13,15H,3-10H2,1-2H3/t13-/m0/s1. The van der Waals surface area contributed by atoms with E-state index in [-0.39, 0.29) is 6.04 Å². The zero-order valence-corrected chi connectivity index (χ0v) is 11.2. The van der Waals surface area contributed by atoms with Crippen molar-refractivity contribution in [1.29, 1.82) is 0 Å². The summed E-state index contributed by atoms with van der Waals surface area (Å²) in [5.74, 6) is 0.882. The fourth-order valence-corrected chi connectivity index (χ4v) is 3.20. The second kappa shape index (κ2) is 5.85. The van der Waals surface area contributed by atoms with Crippen LogP contribution in [0.2, 0.25) is 0 Å². The van der Waals surface area contributed by atoms with Gasteiger partial charge in [0, 0.05) is 13.1 Å². The Kier molecular flexibility index (Phi) is 4.43. The largest absolute Gasteiger partial charge is 0.341 e. The van der Waals surface area contributed by atoms with Gasteiger partial charge in [0.15, 0.2) is 0 Å². The Labute approximate surface area is 105 Å². The molecule has 0 unspecified atom stereocenters. The molecule has 0 heterocycles. The Morgan fingerprint density at radius 2 is 1.76 bits per heavy atom. The van der Waals surface area contributed by atoms with Crippen LogP contribution in [0.4, 0.5) is 0 Å². The summed E-state index contributed by atoms with van der Waals surface area (Å²) in [6, 6.07) is 0.572. The number of carbonyl (C=O) groups is 1. The number of nitrogens with zero attached hydrogens (tertiary/aromatic N) is 1. The van der Waals surface area contributed by atoms with Gasteiger partial charge in [0.25, 0.3) is 0 Å². The third-order valence-electron chi connectivity index (χ3n) is 4.67. The Morgan fingerprint density at radius 3 is 2.24 bits per heavy atom. The summed E-state index contributed by atoms with van der Waals surface area (Å²) in [6.45, 7) is 0. The second-order valence-electron chi connectivity index (χ2n) is 5.70. The lowest BCUT2D eigenvalue weighted by atomic mass is 9.82. The zero-order valence-electron chi connectivity index (χ0n) is 11.2. The molecule has 0 aromatic rings. The number of likely N-dealkylation sites (N-methyl/N-ethyl adjacent to an activating group) is 2. The van der Waals surface area contributed by atoms with E-state index in [1.54, 1.807) is 0 Å². The van der Waals surface area contributed by atoms with Crippen molar-refractivity contribution in [2.75, 3.05) is 14.1 Å². The topological polar surface area (TPSA) is 32.3 Å². The summed E-state index contributed by atoms with van der Waals surface area (Å²) in [5.41, 5.74) is 0. The quantitative estimate of drug-likeness (QED) is 0.814. The van der Waals surface area contributed by atoms with Gasteiger partial charge in [-0.25, -0.2) is 0 Å². The third-order valence-corrected chi connectivity index (χ3v) is 4.67. The van der Waals surface area contributed by atoms with Gasteiger partial charge in [-0.1, -0.05) is 19.3 Å². The highest BCUT2D eigenvalue weighted by Gasteiger charge is 2.34. The van der Waals surface area contributed by atoms with E-state index in [9.17, 15) is 4.79 Å². The van der Waals surface area contributed by atoms with E-state index in [2.05, 4.69) is 5.32 Å². The molecule has 1 N–H and O–H groups in total. The SMILES string of the molecule is CN[C@H](C(=O)N(C)C1CCC1)C1CCCCC1. The van der Waals surface area contributed by atoms with Gasteiger partial charge < -0.3 is 10.2 Å². The molecule has 0 aliphatic heterocycles. The van der Waals surface area contributed by atoms with Crippen LogP contribution in [0.15, 0.2) is 0 Å². The van der Waals surface area contributed by atoms with Crippen LogP contribution < -0.4 is 5.32 Å². The van der Waals surface area contributed by atoms with E-state index in [0.29, 0.717) is 17.9 Å². The van der Waals surface area contributed by atoms with Crippen molar-refractivity contribution < 1.29 is 4.79 Å². The fourth-order valence-electron chi connectivity index (χ4n) is 3.20. The van der Waals surface area contributed by atoms with E-state index < -0.39 is 0 Å². The van der Waals surface area contributed by atoms with Crippen LogP contribution in [0.5, 0.6) is 0 Å². The molecule has 17 heavy (non-hydrogen) atoms. The molecule has 0 spiro atoms. The van der Waals surface area contributed by atoms with E-state index in [1.807, 2.05) is 19.0 Å². The Morgan fingerprint density at radius 1 is 1.12 bits per heavy atom. The molecule has 3 nitrogen and oxygen atoms in total. The van der Waals surface area contributed by atoms with Gasteiger partial charge in [0.2, 0.25) is 5.91 Å². The van der Waals surface area contributed by atoms with Crippen LogP contribution in [-0.2, 0) is 4.79 Å². The molecule has 0 aromatic carbocycles. The fraction of sp³-hybridized carbons (Fsp3) is 0.929. The molecule has 1 atom stereocenters. The normalized spacial score (nSPS) is 24.1. The Bertz CT molecular complexity index is 257. The lowest BCUT2D eigenvalue weighted by Gasteiger charge is -2.39. The minimum absolute atomic E-state index is 0.0564. The first-order valence-electron chi connectivity index (χ1n) is 7.18. The summed E-state index contributed by atoms with van der Waals surface area (Å²) in [7, 11) is 3.92. The van der Waals surface area contributed by atoms with E-state index in [1.165, 1.54) is 51.4 Å². The molecule has 2 aliphatic rings. The van der Waals surface area contributed by atoms with Gasteiger partial charge in [-0.3, -0.25) is 4.79 Å². The zero-order chi connectivity index (χ0) is 12.3. The number of hydrogen-bond donors (Lipinski definition) is 1. The smallest absolute Gasteiger partial charge is 0.239 e. The van der Waals surface area contributed by atoms with E-state index >= 15 is 0 Å². The monoisotopic (exact) mass is 238 g/mol. The van der Waals surface area contributed by atoms with Gasteiger partial charge >= 0.3 is 0 Å². The van der Waals surface area contributed by atoms with Crippen LogP contribution in [-0.4, -0.2) is 37.0 Å². The summed E-state index contributed by atoms with van der Waals surface area (Å²) in [6.07, 6.45) is 10.1. The summed E-state index contributed by atoms with van der Waals surface area (Å²) in [4.78, 5) is 14.5. The molecule has 0 bridgehead atoms. The highest BCUT2D eigenvalue weighted by atomic mass is 16.2. The van der Waals surface area contributed by atoms with E-state index in [0.717, 1.165) is 0 Å². The molecule has 0 saturated heterocycles. The molecule has 1 amide bonds. The average Bonchev–Trinajstić information content (AvgIpc) is 2.29. The molecule has 2 rings (SSSR count). The summed E-state index contributed by atoms with van der Waals surface area (Å²) in [5, 5.41) is 3.26. The van der Waals surface area contributed by atoms with Crippen molar-refractivity contribution in [1.82, 2.24) is 10.2 Å². The lowest BCUT2D eigenvalue weighted by molar-refractivity contribution is -0.137. The van der Waals surface area contributed by atoms with Crippen LogP contribution in [0.3, 0.4) is 0 Å². The first kappa shape index (κ1) is 12.9. The van der Waals surface area contributed by atoms with E-state index in [4.69, 9.17) is 0 Å². The number of carbonyl (C=O) groups excluding carboxylic acids is 1. The maximum atomic E-state index is 12.5. The van der Waals surface area contributed by atoms with Gasteiger partial charge in [-0.05, 0) is 45.1 Å². The van der Waals surface area contributed by atoms with Gasteiger partial charge in [-0.15, -0.1) is 0 Å². The second-order valence-corrected chi connectivity index (χ2v) is 5.70. The molecule has 2 fully saturated rings. The van der Waals surface area contributed by atoms with Gasteiger partial charge in [-0.2, -0.15) is 0 Å². The lowest BCUT2D eigenvalue weighted by Crippen LogP contribution is -2.52. The van der Waals surface area contributed by atoms with Crippen molar-refractivity contribution in [3.8, 4) is 0 Å². The third kappa shape index (κ3) is 2.82. The number of hydrogen-bond acceptors (Lipinski definition) is 2. The number of amides is 1. The molecule has 0 aromatic heterocycles. The van der Waals surface area contributed by atoms with Crippen molar-refractivity contribution in [3.63, 3.8) is 0 Å². The van der Waals surface area contributed by atoms with Gasteiger partial charge in [0.1, 0.15) is 0 Å². The molecule has 3 heteroatoms. The maximum Gasteiger partial charge on any atom is 0.239 e. The van der Waals surface area contributed by atoms with Crippen molar-refractivity contribution in [2.45, 2.75) is 63.5 Å². The maximum absolute atomic E-state index is 12.5. The molecule has 0 radical (unpaired) electrons. The first-order chi connectivity index (χ1) is 8.24. The summed E-state index contributed by atoms with van der Waals surface area (Å²) >= 11 is 0. The van der Waals surface area contributed by atoms with Crippen molar-refractivity contribution in [2.24, 2.45) is 5.92 Å². The summed E-state index contributed by atoms with van der Waals surface area (Å²) < 4.78 is 0. The molecule has 2 aliphatic carbocycles. The minimum atomic E-state index is 0.0564. The Hall–Kier alpha value is -0.570.